The minimum atomic E-state index is -0.318. The predicted octanol–water partition coefficient (Wildman–Crippen LogP) is 4.55. The molecule has 4 rings (SSSR count). The highest BCUT2D eigenvalue weighted by Gasteiger charge is 2.27. The van der Waals surface area contributed by atoms with E-state index in [9.17, 15) is 14.0 Å². The topological polar surface area (TPSA) is 45.6 Å². The standard InChI is InChI=1S/C24H23ClFN3O2/c1-16-22(24(31)28-13-11-27(12-14-28)17(2)30)15-23(18-3-5-19(25)6-4-18)29(16)21-9-7-20(26)8-10-21/h3-10,15H,11-14H2,1-2H3. The van der Waals surface area contributed by atoms with Gasteiger partial charge in [0.2, 0.25) is 5.91 Å². The van der Waals surface area contributed by atoms with Crippen molar-refractivity contribution in [1.82, 2.24) is 14.4 Å². The molecular formula is C24H23ClFN3O2. The zero-order valence-electron chi connectivity index (χ0n) is 17.4. The smallest absolute Gasteiger partial charge is 0.255 e. The van der Waals surface area contributed by atoms with Gasteiger partial charge in [-0.1, -0.05) is 23.7 Å². The summed E-state index contributed by atoms with van der Waals surface area (Å²) < 4.78 is 15.5. The molecule has 0 bridgehead atoms. The second-order valence-electron chi connectivity index (χ2n) is 7.65. The third-order valence-corrected chi connectivity index (χ3v) is 5.97. The Bertz CT molecular complexity index is 1110. The largest absolute Gasteiger partial charge is 0.339 e. The highest BCUT2D eigenvalue weighted by atomic mass is 35.5. The molecule has 0 atom stereocenters. The first-order chi connectivity index (χ1) is 14.8. The van der Waals surface area contributed by atoms with Crippen LogP contribution in [0, 0.1) is 12.7 Å². The molecule has 2 heterocycles. The summed E-state index contributed by atoms with van der Waals surface area (Å²) in [6.07, 6.45) is 0. The number of benzene rings is 2. The van der Waals surface area contributed by atoms with E-state index < -0.39 is 0 Å². The molecule has 5 nitrogen and oxygen atoms in total. The number of carbonyl (C=O) groups is 2. The zero-order chi connectivity index (χ0) is 22.1. The SMILES string of the molecule is CC(=O)N1CCN(C(=O)c2cc(-c3ccc(Cl)cc3)n(-c3ccc(F)cc3)c2C)CC1. The molecule has 1 fully saturated rings. The molecule has 31 heavy (non-hydrogen) atoms. The minimum Gasteiger partial charge on any atom is -0.339 e. The van der Waals surface area contributed by atoms with Crippen molar-refractivity contribution in [3.8, 4) is 16.9 Å². The normalized spacial score (nSPS) is 14.1. The van der Waals surface area contributed by atoms with Crippen LogP contribution in [-0.4, -0.2) is 52.4 Å². The van der Waals surface area contributed by atoms with E-state index in [0.717, 1.165) is 22.6 Å². The van der Waals surface area contributed by atoms with E-state index in [1.165, 1.54) is 12.1 Å². The quantitative estimate of drug-likeness (QED) is 0.601. The van der Waals surface area contributed by atoms with Crippen molar-refractivity contribution in [2.24, 2.45) is 0 Å². The lowest BCUT2D eigenvalue weighted by Crippen LogP contribution is -2.50. The lowest BCUT2D eigenvalue weighted by atomic mass is 10.1. The molecular weight excluding hydrogens is 417 g/mol. The number of halogens is 2. The van der Waals surface area contributed by atoms with Crippen molar-refractivity contribution < 1.29 is 14.0 Å². The third-order valence-electron chi connectivity index (χ3n) is 5.71. The first-order valence-corrected chi connectivity index (χ1v) is 10.5. The molecule has 0 saturated carbocycles. The van der Waals surface area contributed by atoms with Crippen LogP contribution in [0.15, 0.2) is 54.6 Å². The highest BCUT2D eigenvalue weighted by Crippen LogP contribution is 2.31. The Hall–Kier alpha value is -3.12. The van der Waals surface area contributed by atoms with Crippen LogP contribution in [0.5, 0.6) is 0 Å². The Morgan fingerprint density at radius 1 is 0.903 bits per heavy atom. The summed E-state index contributed by atoms with van der Waals surface area (Å²) in [5, 5.41) is 0.625. The molecule has 3 aromatic rings. The molecule has 7 heteroatoms. The molecule has 0 unspecified atom stereocenters. The summed E-state index contributed by atoms with van der Waals surface area (Å²) in [5.74, 6) is -0.367. The average Bonchev–Trinajstić information content (AvgIpc) is 3.11. The van der Waals surface area contributed by atoms with E-state index in [4.69, 9.17) is 11.6 Å². The van der Waals surface area contributed by atoms with Crippen molar-refractivity contribution in [3.05, 3.63) is 76.7 Å². The second kappa shape index (κ2) is 8.55. The van der Waals surface area contributed by atoms with Gasteiger partial charge in [-0.25, -0.2) is 4.39 Å². The predicted molar refractivity (Wildman–Crippen MR) is 119 cm³/mol. The lowest BCUT2D eigenvalue weighted by Gasteiger charge is -2.34. The van der Waals surface area contributed by atoms with Gasteiger partial charge in [0.1, 0.15) is 5.82 Å². The van der Waals surface area contributed by atoms with Gasteiger partial charge in [0.05, 0.1) is 11.3 Å². The second-order valence-corrected chi connectivity index (χ2v) is 8.08. The number of carbonyl (C=O) groups excluding carboxylic acids is 2. The number of hydrogen-bond donors (Lipinski definition) is 0. The van der Waals surface area contributed by atoms with Crippen molar-refractivity contribution in [2.45, 2.75) is 13.8 Å². The van der Waals surface area contributed by atoms with E-state index in [-0.39, 0.29) is 17.6 Å². The van der Waals surface area contributed by atoms with Crippen LogP contribution in [0.25, 0.3) is 16.9 Å². The molecule has 1 saturated heterocycles. The first kappa shape index (κ1) is 21.1. The van der Waals surface area contributed by atoms with E-state index in [0.29, 0.717) is 36.8 Å². The number of nitrogens with zero attached hydrogens (tertiary/aromatic N) is 3. The van der Waals surface area contributed by atoms with Crippen LogP contribution in [0.1, 0.15) is 23.0 Å². The van der Waals surface area contributed by atoms with E-state index in [1.807, 2.05) is 29.7 Å². The van der Waals surface area contributed by atoms with Gasteiger partial charge in [-0.15, -0.1) is 0 Å². The fourth-order valence-corrected chi connectivity index (χ4v) is 4.10. The van der Waals surface area contributed by atoms with Crippen molar-refractivity contribution in [3.63, 3.8) is 0 Å². The summed E-state index contributed by atoms with van der Waals surface area (Å²) >= 11 is 6.06. The molecule has 0 N–H and O–H groups in total. The Morgan fingerprint density at radius 3 is 2.06 bits per heavy atom. The van der Waals surface area contributed by atoms with Crippen LogP contribution >= 0.6 is 11.6 Å². The van der Waals surface area contributed by atoms with Gasteiger partial charge in [-0.05, 0) is 55.0 Å². The van der Waals surface area contributed by atoms with Gasteiger partial charge in [-0.3, -0.25) is 9.59 Å². The maximum absolute atomic E-state index is 13.5. The first-order valence-electron chi connectivity index (χ1n) is 10.1. The van der Waals surface area contributed by atoms with Gasteiger partial charge in [0.25, 0.3) is 5.91 Å². The van der Waals surface area contributed by atoms with Crippen LogP contribution in [0.2, 0.25) is 5.02 Å². The summed E-state index contributed by atoms with van der Waals surface area (Å²) in [6.45, 7) is 5.49. The number of amides is 2. The number of hydrogen-bond acceptors (Lipinski definition) is 2. The number of piperazine rings is 1. The Morgan fingerprint density at radius 2 is 1.48 bits per heavy atom. The molecule has 1 aliphatic heterocycles. The van der Waals surface area contributed by atoms with E-state index in [2.05, 4.69) is 0 Å². The van der Waals surface area contributed by atoms with E-state index in [1.54, 1.807) is 41.0 Å². The van der Waals surface area contributed by atoms with Gasteiger partial charge in [0, 0.05) is 49.5 Å². The van der Waals surface area contributed by atoms with Crippen molar-refractivity contribution >= 4 is 23.4 Å². The van der Waals surface area contributed by atoms with Gasteiger partial charge in [-0.2, -0.15) is 0 Å². The Labute approximate surface area is 185 Å². The fourth-order valence-electron chi connectivity index (χ4n) is 3.97. The van der Waals surface area contributed by atoms with Crippen LogP contribution in [0.3, 0.4) is 0 Å². The molecule has 0 aliphatic carbocycles. The lowest BCUT2D eigenvalue weighted by molar-refractivity contribution is -0.130. The van der Waals surface area contributed by atoms with Crippen LogP contribution in [-0.2, 0) is 4.79 Å². The summed E-state index contributed by atoms with van der Waals surface area (Å²) in [5.41, 5.74) is 3.86. The van der Waals surface area contributed by atoms with Crippen LogP contribution in [0.4, 0.5) is 4.39 Å². The van der Waals surface area contributed by atoms with Crippen molar-refractivity contribution in [2.75, 3.05) is 26.2 Å². The number of rotatable bonds is 3. The molecule has 2 amide bonds. The Balaban J connectivity index is 1.74. The minimum absolute atomic E-state index is 0.0239. The Kier molecular flexibility index (Phi) is 5.83. The van der Waals surface area contributed by atoms with Gasteiger partial charge in [0.15, 0.2) is 0 Å². The fraction of sp³-hybridized carbons (Fsp3) is 0.250. The molecule has 1 aliphatic rings. The molecule has 1 aromatic heterocycles. The number of aromatic nitrogens is 1. The maximum Gasteiger partial charge on any atom is 0.255 e. The highest BCUT2D eigenvalue weighted by molar-refractivity contribution is 6.30. The maximum atomic E-state index is 13.5. The van der Waals surface area contributed by atoms with Crippen LogP contribution < -0.4 is 0 Å². The van der Waals surface area contributed by atoms with Crippen molar-refractivity contribution in [1.29, 1.82) is 0 Å². The molecule has 0 spiro atoms. The summed E-state index contributed by atoms with van der Waals surface area (Å²) in [7, 11) is 0. The average molecular weight is 440 g/mol. The van der Waals surface area contributed by atoms with E-state index >= 15 is 0 Å². The molecule has 2 aromatic carbocycles. The summed E-state index contributed by atoms with van der Waals surface area (Å²) in [4.78, 5) is 28.5. The zero-order valence-corrected chi connectivity index (χ0v) is 18.2. The molecule has 0 radical (unpaired) electrons. The monoisotopic (exact) mass is 439 g/mol. The van der Waals surface area contributed by atoms with Gasteiger partial charge < -0.3 is 14.4 Å². The van der Waals surface area contributed by atoms with Gasteiger partial charge >= 0.3 is 0 Å². The third kappa shape index (κ3) is 4.21. The molecule has 160 valence electrons. The summed E-state index contributed by atoms with van der Waals surface area (Å²) in [6, 6.07) is 15.5.